The van der Waals surface area contributed by atoms with E-state index in [4.69, 9.17) is 5.73 Å². The summed E-state index contributed by atoms with van der Waals surface area (Å²) in [6.45, 7) is 4.85. The molecule has 1 aromatic carbocycles. The van der Waals surface area contributed by atoms with Gasteiger partial charge >= 0.3 is 0 Å². The first kappa shape index (κ1) is 13.5. The smallest absolute Gasteiger partial charge is 0.123 e. The van der Waals surface area contributed by atoms with E-state index in [9.17, 15) is 4.39 Å². The minimum Gasteiger partial charge on any atom is -0.329 e. The van der Waals surface area contributed by atoms with Gasteiger partial charge in [-0.25, -0.2) is 4.39 Å². The van der Waals surface area contributed by atoms with Gasteiger partial charge in [-0.05, 0) is 43.0 Å². The van der Waals surface area contributed by atoms with Gasteiger partial charge in [0.2, 0.25) is 0 Å². The van der Waals surface area contributed by atoms with E-state index >= 15 is 0 Å². The number of nitrogens with two attached hydrogens (primary N) is 1. The van der Waals surface area contributed by atoms with E-state index in [1.54, 1.807) is 12.1 Å². The maximum absolute atomic E-state index is 13.2. The molecule has 2 atom stereocenters. The van der Waals surface area contributed by atoms with E-state index in [1.165, 1.54) is 25.3 Å². The second kappa shape index (κ2) is 6.30. The SMILES string of the molecule is CCC1CCN(Cc2cccc(F)c2)C(CN)C1. The van der Waals surface area contributed by atoms with Gasteiger partial charge in [-0.1, -0.05) is 25.5 Å². The standard InChI is InChI=1S/C15H23FN2/c1-2-12-6-7-18(15(9-12)10-17)11-13-4-3-5-14(16)8-13/h3-5,8,12,15H,2,6-7,9-11,17H2,1H3. The number of halogens is 1. The fourth-order valence-corrected chi connectivity index (χ4v) is 2.88. The van der Waals surface area contributed by atoms with Crippen molar-refractivity contribution in [1.29, 1.82) is 0 Å². The van der Waals surface area contributed by atoms with Crippen molar-refractivity contribution in [2.75, 3.05) is 13.1 Å². The van der Waals surface area contributed by atoms with Crippen LogP contribution in [0, 0.1) is 11.7 Å². The number of nitrogens with zero attached hydrogens (tertiary/aromatic N) is 1. The highest BCUT2D eigenvalue weighted by Crippen LogP contribution is 2.26. The summed E-state index contributed by atoms with van der Waals surface area (Å²) < 4.78 is 13.2. The van der Waals surface area contributed by atoms with Gasteiger partial charge < -0.3 is 5.73 Å². The van der Waals surface area contributed by atoms with Crippen LogP contribution in [-0.4, -0.2) is 24.0 Å². The molecule has 1 aliphatic rings. The summed E-state index contributed by atoms with van der Waals surface area (Å²) in [6, 6.07) is 7.34. The Hall–Kier alpha value is -0.930. The molecule has 3 heteroatoms. The number of hydrogen-bond donors (Lipinski definition) is 1. The zero-order chi connectivity index (χ0) is 13.0. The van der Waals surface area contributed by atoms with Crippen molar-refractivity contribution in [3.63, 3.8) is 0 Å². The molecule has 2 nitrogen and oxygen atoms in total. The lowest BCUT2D eigenvalue weighted by molar-refractivity contribution is 0.107. The molecule has 0 bridgehead atoms. The molecular formula is C15H23FN2. The summed E-state index contributed by atoms with van der Waals surface area (Å²) >= 11 is 0. The third kappa shape index (κ3) is 3.30. The van der Waals surface area contributed by atoms with Gasteiger partial charge in [-0.2, -0.15) is 0 Å². The normalized spacial score (nSPS) is 25.3. The van der Waals surface area contributed by atoms with E-state index < -0.39 is 0 Å². The Morgan fingerprint density at radius 2 is 2.28 bits per heavy atom. The second-order valence-electron chi connectivity index (χ2n) is 5.29. The van der Waals surface area contributed by atoms with Gasteiger partial charge in [0.1, 0.15) is 5.82 Å². The highest BCUT2D eigenvalue weighted by Gasteiger charge is 2.26. The molecule has 0 aromatic heterocycles. The number of rotatable bonds is 4. The van der Waals surface area contributed by atoms with Crippen LogP contribution in [-0.2, 0) is 6.54 Å². The third-order valence-corrected chi connectivity index (χ3v) is 4.07. The first-order valence-electron chi connectivity index (χ1n) is 6.91. The lowest BCUT2D eigenvalue weighted by atomic mass is 9.88. The van der Waals surface area contributed by atoms with Crippen LogP contribution in [0.4, 0.5) is 4.39 Å². The fraction of sp³-hybridized carbons (Fsp3) is 0.600. The number of benzene rings is 1. The zero-order valence-electron chi connectivity index (χ0n) is 11.1. The second-order valence-corrected chi connectivity index (χ2v) is 5.29. The summed E-state index contributed by atoms with van der Waals surface area (Å²) in [4.78, 5) is 2.40. The highest BCUT2D eigenvalue weighted by atomic mass is 19.1. The molecule has 1 heterocycles. The monoisotopic (exact) mass is 250 g/mol. The van der Waals surface area contributed by atoms with Gasteiger partial charge in [0.15, 0.2) is 0 Å². The predicted molar refractivity (Wildman–Crippen MR) is 72.7 cm³/mol. The van der Waals surface area contributed by atoms with Crippen molar-refractivity contribution < 1.29 is 4.39 Å². The van der Waals surface area contributed by atoms with Gasteiger partial charge in [0.25, 0.3) is 0 Å². The fourth-order valence-electron chi connectivity index (χ4n) is 2.88. The van der Waals surface area contributed by atoms with Crippen LogP contribution < -0.4 is 5.73 Å². The summed E-state index contributed by atoms with van der Waals surface area (Å²) in [5.74, 6) is 0.655. The van der Waals surface area contributed by atoms with Crippen LogP contribution in [0.15, 0.2) is 24.3 Å². The molecule has 0 amide bonds. The summed E-state index contributed by atoms with van der Waals surface area (Å²) in [7, 11) is 0. The Bertz CT molecular complexity index is 381. The average molecular weight is 250 g/mol. The molecule has 1 fully saturated rings. The Labute approximate surface area is 109 Å². The van der Waals surface area contributed by atoms with E-state index in [1.807, 2.05) is 6.07 Å². The van der Waals surface area contributed by atoms with Crippen molar-refractivity contribution in [2.24, 2.45) is 11.7 Å². The summed E-state index contributed by atoms with van der Waals surface area (Å²) in [6.07, 6.45) is 3.66. The number of piperidine rings is 1. The topological polar surface area (TPSA) is 29.3 Å². The van der Waals surface area contributed by atoms with Gasteiger partial charge in [-0.3, -0.25) is 4.90 Å². The van der Waals surface area contributed by atoms with Gasteiger partial charge in [0, 0.05) is 19.1 Å². The molecule has 0 aliphatic carbocycles. The molecular weight excluding hydrogens is 227 g/mol. The predicted octanol–water partition coefficient (Wildman–Crippen LogP) is 2.78. The minimum atomic E-state index is -0.153. The van der Waals surface area contributed by atoms with Gasteiger partial charge in [0.05, 0.1) is 0 Å². The minimum absolute atomic E-state index is 0.153. The lowest BCUT2D eigenvalue weighted by Crippen LogP contribution is -2.46. The quantitative estimate of drug-likeness (QED) is 0.890. The summed E-state index contributed by atoms with van der Waals surface area (Å²) in [5.41, 5.74) is 6.92. The maximum atomic E-state index is 13.2. The number of likely N-dealkylation sites (tertiary alicyclic amines) is 1. The first-order valence-corrected chi connectivity index (χ1v) is 6.91. The van der Waals surface area contributed by atoms with Crippen LogP contribution in [0.2, 0.25) is 0 Å². The molecule has 0 radical (unpaired) electrons. The molecule has 100 valence electrons. The third-order valence-electron chi connectivity index (χ3n) is 4.07. The molecule has 2 unspecified atom stereocenters. The molecule has 1 aliphatic heterocycles. The molecule has 1 aromatic rings. The van der Waals surface area contributed by atoms with Gasteiger partial charge in [-0.15, -0.1) is 0 Å². The molecule has 1 saturated heterocycles. The zero-order valence-corrected chi connectivity index (χ0v) is 11.1. The van der Waals surface area contributed by atoms with Crippen LogP contribution in [0.25, 0.3) is 0 Å². The molecule has 2 N–H and O–H groups in total. The molecule has 18 heavy (non-hydrogen) atoms. The van der Waals surface area contributed by atoms with Crippen molar-refractivity contribution >= 4 is 0 Å². The first-order chi connectivity index (χ1) is 8.72. The molecule has 0 spiro atoms. The van der Waals surface area contributed by atoms with Crippen molar-refractivity contribution in [3.05, 3.63) is 35.6 Å². The highest BCUT2D eigenvalue weighted by molar-refractivity contribution is 5.16. The Morgan fingerprint density at radius 3 is 2.94 bits per heavy atom. The van der Waals surface area contributed by atoms with Crippen LogP contribution in [0.3, 0.4) is 0 Å². The van der Waals surface area contributed by atoms with E-state index in [2.05, 4.69) is 11.8 Å². The summed E-state index contributed by atoms with van der Waals surface area (Å²) in [5, 5.41) is 0. The van der Waals surface area contributed by atoms with E-state index in [0.717, 1.165) is 24.6 Å². The van der Waals surface area contributed by atoms with Crippen molar-refractivity contribution in [2.45, 2.75) is 38.8 Å². The van der Waals surface area contributed by atoms with Crippen LogP contribution in [0.5, 0.6) is 0 Å². The Morgan fingerprint density at radius 1 is 1.44 bits per heavy atom. The lowest BCUT2D eigenvalue weighted by Gasteiger charge is -2.38. The molecule has 0 saturated carbocycles. The van der Waals surface area contributed by atoms with Crippen molar-refractivity contribution in [1.82, 2.24) is 4.90 Å². The molecule has 2 rings (SSSR count). The average Bonchev–Trinajstić information content (AvgIpc) is 2.39. The van der Waals surface area contributed by atoms with E-state index in [0.29, 0.717) is 12.6 Å². The number of hydrogen-bond acceptors (Lipinski definition) is 2. The maximum Gasteiger partial charge on any atom is 0.123 e. The van der Waals surface area contributed by atoms with E-state index in [-0.39, 0.29) is 5.82 Å². The Balaban J connectivity index is 2.00. The largest absolute Gasteiger partial charge is 0.329 e. The Kier molecular flexibility index (Phi) is 4.72. The van der Waals surface area contributed by atoms with Crippen LogP contribution >= 0.6 is 0 Å². The van der Waals surface area contributed by atoms with Crippen LogP contribution in [0.1, 0.15) is 31.7 Å². The van der Waals surface area contributed by atoms with Crippen molar-refractivity contribution in [3.8, 4) is 0 Å².